The van der Waals surface area contributed by atoms with E-state index in [2.05, 4.69) is 21.2 Å². The van der Waals surface area contributed by atoms with Gasteiger partial charge in [-0.2, -0.15) is 0 Å². The van der Waals surface area contributed by atoms with Gasteiger partial charge in [0.15, 0.2) is 0 Å². The molecular weight excluding hydrogens is 362 g/mol. The van der Waals surface area contributed by atoms with Crippen molar-refractivity contribution in [3.05, 3.63) is 19.8 Å². The van der Waals surface area contributed by atoms with Crippen molar-refractivity contribution in [3.8, 4) is 0 Å². The van der Waals surface area contributed by atoms with Crippen LogP contribution >= 0.6 is 38.9 Å². The molecule has 112 valence electrons. The van der Waals surface area contributed by atoms with Gasteiger partial charge in [-0.3, -0.25) is 5.32 Å². The lowest BCUT2D eigenvalue weighted by molar-refractivity contribution is -0.146. The summed E-state index contributed by atoms with van der Waals surface area (Å²) < 4.78 is 6.69. The molecule has 20 heavy (non-hydrogen) atoms. The fourth-order valence-corrected chi connectivity index (χ4v) is 4.29. The molecule has 1 atom stereocenters. The van der Waals surface area contributed by atoms with Crippen LogP contribution in [0.5, 0.6) is 0 Å². The molecule has 1 heterocycles. The van der Waals surface area contributed by atoms with Crippen LogP contribution in [0.25, 0.3) is 0 Å². The van der Waals surface area contributed by atoms with Crippen LogP contribution in [0.1, 0.15) is 49.9 Å². The summed E-state index contributed by atoms with van der Waals surface area (Å²) in [6, 6.07) is 1.88. The summed E-state index contributed by atoms with van der Waals surface area (Å²) in [6.45, 7) is 2.22. The quantitative estimate of drug-likeness (QED) is 0.753. The lowest BCUT2D eigenvalue weighted by atomic mass is 9.95. The highest BCUT2D eigenvalue weighted by molar-refractivity contribution is 9.10. The lowest BCUT2D eigenvalue weighted by Crippen LogP contribution is -2.38. The zero-order chi connectivity index (χ0) is 14.5. The first-order valence-corrected chi connectivity index (χ1v) is 8.98. The highest BCUT2D eigenvalue weighted by Crippen LogP contribution is 2.36. The first-order chi connectivity index (χ1) is 9.61. The highest BCUT2D eigenvalue weighted by Gasteiger charge is 2.28. The van der Waals surface area contributed by atoms with Crippen molar-refractivity contribution in [2.45, 2.75) is 51.1 Å². The van der Waals surface area contributed by atoms with Crippen molar-refractivity contribution in [2.75, 3.05) is 6.61 Å². The molecule has 0 aromatic carbocycles. The fraction of sp³-hybridized carbons (Fsp3) is 0.643. The monoisotopic (exact) mass is 379 g/mol. The van der Waals surface area contributed by atoms with Gasteiger partial charge in [0, 0.05) is 15.4 Å². The molecule has 2 rings (SSSR count). The first kappa shape index (κ1) is 16.3. The van der Waals surface area contributed by atoms with E-state index in [4.69, 9.17) is 16.3 Å². The van der Waals surface area contributed by atoms with E-state index >= 15 is 0 Å². The second kappa shape index (κ2) is 7.78. The molecule has 1 aliphatic rings. The Labute approximate surface area is 137 Å². The molecule has 0 aliphatic heterocycles. The van der Waals surface area contributed by atoms with Crippen LogP contribution in [0.2, 0.25) is 4.34 Å². The SMILES string of the molecule is CCOC(=O)C(NC1CCCCC1)c1cc(Br)c(Cl)s1. The Hall–Kier alpha value is -0.100. The number of hydrogen-bond acceptors (Lipinski definition) is 4. The summed E-state index contributed by atoms with van der Waals surface area (Å²) in [5, 5.41) is 3.45. The van der Waals surface area contributed by atoms with Gasteiger partial charge in [-0.05, 0) is 41.8 Å². The molecule has 0 amide bonds. The molecule has 1 aliphatic carbocycles. The van der Waals surface area contributed by atoms with Crippen molar-refractivity contribution in [2.24, 2.45) is 0 Å². The fourth-order valence-electron chi connectivity index (χ4n) is 2.50. The molecule has 1 aromatic heterocycles. The third kappa shape index (κ3) is 4.20. The minimum absolute atomic E-state index is 0.219. The molecule has 6 heteroatoms. The zero-order valence-corrected chi connectivity index (χ0v) is 14.6. The summed E-state index contributed by atoms with van der Waals surface area (Å²) in [7, 11) is 0. The van der Waals surface area contributed by atoms with Crippen LogP contribution in [-0.4, -0.2) is 18.6 Å². The molecule has 1 fully saturated rings. The second-order valence-electron chi connectivity index (χ2n) is 4.96. The van der Waals surface area contributed by atoms with E-state index < -0.39 is 6.04 Å². The van der Waals surface area contributed by atoms with E-state index in [-0.39, 0.29) is 5.97 Å². The number of esters is 1. The number of thiophene rings is 1. The van der Waals surface area contributed by atoms with Crippen LogP contribution in [0.4, 0.5) is 0 Å². The van der Waals surface area contributed by atoms with E-state index in [0.717, 1.165) is 22.2 Å². The van der Waals surface area contributed by atoms with Gasteiger partial charge in [0.1, 0.15) is 10.4 Å². The number of rotatable bonds is 5. The molecule has 0 saturated heterocycles. The van der Waals surface area contributed by atoms with E-state index in [9.17, 15) is 4.79 Å². The molecule has 1 saturated carbocycles. The van der Waals surface area contributed by atoms with Gasteiger partial charge < -0.3 is 4.74 Å². The smallest absolute Gasteiger partial charge is 0.328 e. The van der Waals surface area contributed by atoms with Gasteiger partial charge in [0.05, 0.1) is 6.61 Å². The van der Waals surface area contributed by atoms with Crippen molar-refractivity contribution >= 4 is 44.8 Å². The lowest BCUT2D eigenvalue weighted by Gasteiger charge is -2.27. The third-order valence-corrected chi connectivity index (χ3v) is 6.02. The minimum Gasteiger partial charge on any atom is -0.465 e. The topological polar surface area (TPSA) is 38.3 Å². The normalized spacial score (nSPS) is 17.9. The number of hydrogen-bond donors (Lipinski definition) is 1. The zero-order valence-electron chi connectivity index (χ0n) is 11.5. The summed E-state index contributed by atoms with van der Waals surface area (Å²) in [5.74, 6) is -0.219. The van der Waals surface area contributed by atoms with Crippen LogP contribution in [0.3, 0.4) is 0 Å². The average molecular weight is 381 g/mol. The molecule has 1 aromatic rings. The van der Waals surface area contributed by atoms with Gasteiger partial charge in [-0.25, -0.2) is 4.79 Å². The number of nitrogens with one attached hydrogen (secondary N) is 1. The maximum absolute atomic E-state index is 12.2. The van der Waals surface area contributed by atoms with Crippen molar-refractivity contribution in [1.29, 1.82) is 0 Å². The number of ether oxygens (including phenoxy) is 1. The molecule has 0 spiro atoms. The predicted molar refractivity (Wildman–Crippen MR) is 86.4 cm³/mol. The Balaban J connectivity index is 2.13. The van der Waals surface area contributed by atoms with Crippen molar-refractivity contribution < 1.29 is 9.53 Å². The standard InChI is InChI=1S/C14H19BrClNO2S/c1-2-19-14(18)12(11-8-10(15)13(16)20-11)17-9-6-4-3-5-7-9/h8-9,12,17H,2-7H2,1H3. The average Bonchev–Trinajstić information content (AvgIpc) is 2.77. The Bertz CT molecular complexity index is 441. The summed E-state index contributed by atoms with van der Waals surface area (Å²) in [4.78, 5) is 13.1. The maximum atomic E-state index is 12.2. The number of halogens is 2. The van der Waals surface area contributed by atoms with Crippen LogP contribution < -0.4 is 5.32 Å². The first-order valence-electron chi connectivity index (χ1n) is 6.99. The largest absolute Gasteiger partial charge is 0.465 e. The van der Waals surface area contributed by atoms with Gasteiger partial charge in [0.25, 0.3) is 0 Å². The number of carbonyl (C=O) groups excluding carboxylic acids is 1. The Morgan fingerprint density at radius 2 is 2.25 bits per heavy atom. The Kier molecular flexibility index (Phi) is 6.33. The van der Waals surface area contributed by atoms with Gasteiger partial charge in [0.2, 0.25) is 0 Å². The Morgan fingerprint density at radius 1 is 1.55 bits per heavy atom. The summed E-state index contributed by atoms with van der Waals surface area (Å²) in [6.07, 6.45) is 5.98. The van der Waals surface area contributed by atoms with E-state index in [1.54, 1.807) is 0 Å². The summed E-state index contributed by atoms with van der Waals surface area (Å²) in [5.41, 5.74) is 0. The molecule has 3 nitrogen and oxygen atoms in total. The van der Waals surface area contributed by atoms with Crippen molar-refractivity contribution in [3.63, 3.8) is 0 Å². The molecule has 1 N–H and O–H groups in total. The van der Waals surface area contributed by atoms with Gasteiger partial charge in [-0.15, -0.1) is 11.3 Å². The second-order valence-corrected chi connectivity index (χ2v) is 7.50. The molecule has 0 radical (unpaired) electrons. The number of carbonyl (C=O) groups is 1. The van der Waals surface area contributed by atoms with Gasteiger partial charge >= 0.3 is 5.97 Å². The highest BCUT2D eigenvalue weighted by atomic mass is 79.9. The van der Waals surface area contributed by atoms with Crippen LogP contribution in [0.15, 0.2) is 10.5 Å². The van der Waals surface area contributed by atoms with Crippen molar-refractivity contribution in [1.82, 2.24) is 5.32 Å². The Morgan fingerprint density at radius 3 is 2.80 bits per heavy atom. The van der Waals surface area contributed by atoms with E-state index in [0.29, 0.717) is 17.0 Å². The maximum Gasteiger partial charge on any atom is 0.328 e. The van der Waals surface area contributed by atoms with E-state index in [1.165, 1.54) is 30.6 Å². The van der Waals surface area contributed by atoms with E-state index in [1.807, 2.05) is 13.0 Å². The summed E-state index contributed by atoms with van der Waals surface area (Å²) >= 11 is 10.9. The molecule has 1 unspecified atom stereocenters. The minimum atomic E-state index is -0.410. The molecular formula is C14H19BrClNO2S. The van der Waals surface area contributed by atoms with Gasteiger partial charge in [-0.1, -0.05) is 30.9 Å². The van der Waals surface area contributed by atoms with Crippen LogP contribution in [-0.2, 0) is 9.53 Å². The molecule has 0 bridgehead atoms. The third-order valence-electron chi connectivity index (χ3n) is 3.48. The van der Waals surface area contributed by atoms with Crippen LogP contribution in [0, 0.1) is 0 Å². The predicted octanol–water partition coefficient (Wildman–Crippen LogP) is 4.69.